The van der Waals surface area contributed by atoms with Gasteiger partial charge in [0.05, 0.1) is 0 Å². The number of nitrogens with one attached hydrogen (secondary N) is 1. The lowest BCUT2D eigenvalue weighted by Gasteiger charge is -2.36. The lowest BCUT2D eigenvalue weighted by atomic mass is 9.91. The topological polar surface area (TPSA) is 95.5 Å². The minimum atomic E-state index is -2.80. The number of halogens is 4. The first kappa shape index (κ1) is 31.0. The summed E-state index contributed by atoms with van der Waals surface area (Å²) in [5, 5.41) is 2.99. The quantitative estimate of drug-likeness (QED) is 0.365. The van der Waals surface area contributed by atoms with E-state index in [0.717, 1.165) is 11.0 Å². The number of aromatic nitrogens is 2. The molecule has 1 unspecified atom stereocenters. The van der Waals surface area contributed by atoms with Crippen LogP contribution in [-0.2, 0) is 14.4 Å². The van der Waals surface area contributed by atoms with Gasteiger partial charge in [0.2, 0.25) is 23.7 Å². The number of benzene rings is 2. The Kier molecular flexibility index (Phi) is 9.50. The van der Waals surface area contributed by atoms with Crippen molar-refractivity contribution >= 4 is 41.0 Å². The van der Waals surface area contributed by atoms with E-state index in [-0.39, 0.29) is 74.1 Å². The van der Waals surface area contributed by atoms with Gasteiger partial charge >= 0.3 is 0 Å². The SMILES string of the molecule is C.O=C(NC1CCC(F)(F)CC1)[C@@H](c1ccccc1Cl)N(C(=O)C1CCC(=O)N1c1ncccn1)c1cccc(F)c1. The van der Waals surface area contributed by atoms with Crippen molar-refractivity contribution in [2.75, 3.05) is 9.80 Å². The van der Waals surface area contributed by atoms with Gasteiger partial charge in [-0.05, 0) is 49.6 Å². The Hall–Kier alpha value is -3.99. The van der Waals surface area contributed by atoms with Crippen LogP contribution in [0.25, 0.3) is 0 Å². The van der Waals surface area contributed by atoms with Crippen molar-refractivity contribution in [3.05, 3.63) is 83.4 Å². The molecule has 1 aliphatic heterocycles. The summed E-state index contributed by atoms with van der Waals surface area (Å²) in [5.41, 5.74) is 0.302. The van der Waals surface area contributed by atoms with Crippen molar-refractivity contribution in [1.29, 1.82) is 0 Å². The largest absolute Gasteiger partial charge is 0.351 e. The van der Waals surface area contributed by atoms with E-state index in [9.17, 15) is 27.6 Å². The fourth-order valence-corrected chi connectivity index (χ4v) is 5.57. The first-order valence-corrected chi connectivity index (χ1v) is 13.6. The molecule has 1 aliphatic carbocycles. The van der Waals surface area contributed by atoms with E-state index < -0.39 is 41.7 Å². The van der Waals surface area contributed by atoms with E-state index in [1.807, 2.05) is 0 Å². The fraction of sp³-hybridized carbons (Fsp3) is 0.367. The van der Waals surface area contributed by atoms with E-state index in [4.69, 9.17) is 11.6 Å². The predicted molar refractivity (Wildman–Crippen MR) is 153 cm³/mol. The van der Waals surface area contributed by atoms with Crippen molar-refractivity contribution in [2.24, 2.45) is 0 Å². The van der Waals surface area contributed by atoms with Gasteiger partial charge in [-0.15, -0.1) is 0 Å². The summed E-state index contributed by atoms with van der Waals surface area (Å²) >= 11 is 6.54. The molecule has 2 atom stereocenters. The normalized spacial score (nSPS) is 19.1. The average Bonchev–Trinajstić information content (AvgIpc) is 3.34. The summed E-state index contributed by atoms with van der Waals surface area (Å²) in [4.78, 5) is 51.9. The molecule has 1 N–H and O–H groups in total. The molecule has 5 rings (SSSR count). The van der Waals surface area contributed by atoms with Gasteiger partial charge in [0.1, 0.15) is 17.9 Å². The summed E-state index contributed by atoms with van der Waals surface area (Å²) in [5.74, 6) is -5.16. The molecule has 0 bridgehead atoms. The lowest BCUT2D eigenvalue weighted by molar-refractivity contribution is -0.128. The zero-order chi connectivity index (χ0) is 29.1. The maximum Gasteiger partial charge on any atom is 0.251 e. The third kappa shape index (κ3) is 6.56. The van der Waals surface area contributed by atoms with Gasteiger partial charge in [-0.3, -0.25) is 24.2 Å². The number of alkyl halides is 2. The molecule has 1 aromatic heterocycles. The van der Waals surface area contributed by atoms with Crippen LogP contribution in [0.5, 0.6) is 0 Å². The Morgan fingerprint density at radius 1 is 1.02 bits per heavy atom. The average molecular weight is 602 g/mol. The number of hydrogen-bond donors (Lipinski definition) is 1. The predicted octanol–water partition coefficient (Wildman–Crippen LogP) is 5.87. The van der Waals surface area contributed by atoms with Crippen LogP contribution in [0.15, 0.2) is 67.0 Å². The fourth-order valence-electron chi connectivity index (χ4n) is 5.33. The van der Waals surface area contributed by atoms with Gasteiger partial charge in [-0.25, -0.2) is 23.1 Å². The number of nitrogens with zero attached hydrogens (tertiary/aromatic N) is 4. The molecule has 42 heavy (non-hydrogen) atoms. The molecular formula is C30H31ClF3N5O3. The van der Waals surface area contributed by atoms with Gasteiger partial charge in [-0.1, -0.05) is 43.3 Å². The molecule has 222 valence electrons. The van der Waals surface area contributed by atoms with Crippen LogP contribution >= 0.6 is 11.6 Å². The second-order valence-electron chi connectivity index (χ2n) is 10.1. The standard InChI is InChI=1S/C29H27ClF3N5O3.CH4/c30-22-8-2-1-7-21(22)25(26(40)36-19-11-13-29(32,33)14-12-19)37(20-6-3-5-18(31)17-20)27(41)23-9-10-24(39)38(23)28-34-15-4-16-35-28;/h1-8,15-17,19,23,25H,9-14H2,(H,36,40);1H4/t23?,25-;/m1./s1. The maximum atomic E-state index is 14.5. The summed E-state index contributed by atoms with van der Waals surface area (Å²) < 4.78 is 42.2. The van der Waals surface area contributed by atoms with Gasteiger partial charge in [0.25, 0.3) is 5.91 Å². The molecule has 1 saturated heterocycles. The number of anilines is 2. The summed E-state index contributed by atoms with van der Waals surface area (Å²) in [7, 11) is 0. The number of carbonyl (C=O) groups is 3. The van der Waals surface area contributed by atoms with Crippen LogP contribution in [0, 0.1) is 5.82 Å². The Balaban J connectivity index is 0.00000405. The molecule has 2 heterocycles. The van der Waals surface area contributed by atoms with Crippen molar-refractivity contribution in [3.63, 3.8) is 0 Å². The van der Waals surface area contributed by atoms with E-state index in [0.29, 0.717) is 0 Å². The van der Waals surface area contributed by atoms with Crippen LogP contribution in [0.3, 0.4) is 0 Å². The molecule has 3 aromatic rings. The van der Waals surface area contributed by atoms with E-state index in [2.05, 4.69) is 15.3 Å². The maximum absolute atomic E-state index is 14.5. The van der Waals surface area contributed by atoms with E-state index in [1.165, 1.54) is 35.5 Å². The van der Waals surface area contributed by atoms with Crippen LogP contribution in [0.1, 0.15) is 57.6 Å². The zero-order valence-electron chi connectivity index (χ0n) is 21.9. The Morgan fingerprint density at radius 3 is 2.38 bits per heavy atom. The minimum absolute atomic E-state index is 0. The first-order valence-electron chi connectivity index (χ1n) is 13.2. The second-order valence-corrected chi connectivity index (χ2v) is 10.5. The highest BCUT2D eigenvalue weighted by Crippen LogP contribution is 2.37. The zero-order valence-corrected chi connectivity index (χ0v) is 22.6. The van der Waals surface area contributed by atoms with Crippen molar-refractivity contribution in [3.8, 4) is 0 Å². The van der Waals surface area contributed by atoms with Crippen LogP contribution < -0.4 is 15.1 Å². The van der Waals surface area contributed by atoms with Gasteiger partial charge in [0, 0.05) is 54.0 Å². The number of carbonyl (C=O) groups excluding carboxylic acids is 3. The Bertz CT molecular complexity index is 1430. The van der Waals surface area contributed by atoms with Crippen LogP contribution in [-0.4, -0.2) is 45.7 Å². The highest BCUT2D eigenvalue weighted by Gasteiger charge is 2.45. The Labute approximate surface area is 246 Å². The summed E-state index contributed by atoms with van der Waals surface area (Å²) in [6, 6.07) is 10.1. The van der Waals surface area contributed by atoms with E-state index in [1.54, 1.807) is 30.3 Å². The smallest absolute Gasteiger partial charge is 0.251 e. The van der Waals surface area contributed by atoms with Gasteiger partial charge in [-0.2, -0.15) is 0 Å². The molecule has 8 nitrogen and oxygen atoms in total. The molecule has 1 saturated carbocycles. The van der Waals surface area contributed by atoms with Gasteiger partial charge in [0.15, 0.2) is 0 Å². The number of amides is 3. The summed E-state index contributed by atoms with van der Waals surface area (Å²) in [6.45, 7) is 0. The molecule has 2 fully saturated rings. The highest BCUT2D eigenvalue weighted by atomic mass is 35.5. The first-order chi connectivity index (χ1) is 19.6. The monoisotopic (exact) mass is 601 g/mol. The lowest BCUT2D eigenvalue weighted by Crippen LogP contribution is -2.53. The molecule has 3 amide bonds. The van der Waals surface area contributed by atoms with Crippen LogP contribution in [0.4, 0.5) is 24.8 Å². The molecule has 0 spiro atoms. The van der Waals surface area contributed by atoms with Gasteiger partial charge < -0.3 is 5.32 Å². The van der Waals surface area contributed by atoms with Crippen molar-refractivity contribution in [1.82, 2.24) is 15.3 Å². The Morgan fingerprint density at radius 2 is 1.71 bits per heavy atom. The molecule has 12 heteroatoms. The van der Waals surface area contributed by atoms with E-state index >= 15 is 0 Å². The van der Waals surface area contributed by atoms with Crippen molar-refractivity contribution < 1.29 is 27.6 Å². The molecule has 2 aromatic carbocycles. The third-order valence-electron chi connectivity index (χ3n) is 7.36. The molecule has 0 radical (unpaired) electrons. The molecular weight excluding hydrogens is 571 g/mol. The minimum Gasteiger partial charge on any atom is -0.351 e. The second kappa shape index (κ2) is 12.9. The number of hydrogen-bond acceptors (Lipinski definition) is 5. The molecule has 2 aliphatic rings. The highest BCUT2D eigenvalue weighted by molar-refractivity contribution is 6.31. The third-order valence-corrected chi connectivity index (χ3v) is 7.70. The summed E-state index contributed by atoms with van der Waals surface area (Å²) in [6.07, 6.45) is 2.37. The number of rotatable bonds is 7. The van der Waals surface area contributed by atoms with Crippen molar-refractivity contribution in [2.45, 2.75) is 70.0 Å². The van der Waals surface area contributed by atoms with Crippen LogP contribution in [0.2, 0.25) is 5.02 Å².